The molecule has 2 aromatic rings. The second-order valence-electron chi connectivity index (χ2n) is 8.57. The minimum absolute atomic E-state index is 0.0349. The minimum atomic E-state index is -0.467. The molecular formula is C22H31N7O2. The number of fused-ring (bicyclic) bond motifs is 1. The van der Waals surface area contributed by atoms with E-state index in [4.69, 9.17) is 10.2 Å². The van der Waals surface area contributed by atoms with Gasteiger partial charge < -0.3 is 9.47 Å². The van der Waals surface area contributed by atoms with E-state index in [9.17, 15) is 4.79 Å². The number of carbonyl (C=O) groups excluding carboxylic acids is 1. The van der Waals surface area contributed by atoms with E-state index < -0.39 is 5.91 Å². The number of benzene rings is 1. The van der Waals surface area contributed by atoms with Crippen LogP contribution in [0.25, 0.3) is 11.0 Å². The predicted octanol–water partition coefficient (Wildman–Crippen LogP) is 3.29. The maximum Gasteiger partial charge on any atom is 0.247 e. The van der Waals surface area contributed by atoms with Gasteiger partial charge in [-0.3, -0.25) is 15.0 Å². The first-order valence-corrected chi connectivity index (χ1v) is 11.0. The molecule has 0 radical (unpaired) electrons. The van der Waals surface area contributed by atoms with Gasteiger partial charge in [-0.2, -0.15) is 0 Å². The van der Waals surface area contributed by atoms with Gasteiger partial charge in [-0.25, -0.2) is 10.5 Å². The lowest BCUT2D eigenvalue weighted by Crippen LogP contribution is -2.31. The number of carbonyl (C=O) groups is 1. The Kier molecular flexibility index (Phi) is 6.62. The number of aromatic nitrogens is 2. The number of hydrogen-bond acceptors (Lipinski definition) is 7. The molecule has 0 aliphatic carbocycles. The van der Waals surface area contributed by atoms with Crippen molar-refractivity contribution in [1.82, 2.24) is 24.9 Å². The summed E-state index contributed by atoms with van der Waals surface area (Å²) < 4.78 is 2.34. The molecule has 4 rings (SSSR count). The van der Waals surface area contributed by atoms with Crippen molar-refractivity contribution in [3.63, 3.8) is 0 Å². The summed E-state index contributed by atoms with van der Waals surface area (Å²) in [5.74, 6) is 0.801. The van der Waals surface area contributed by atoms with Crippen molar-refractivity contribution < 1.29 is 10.0 Å². The number of likely N-dealkylation sites (tertiary alicyclic amines) is 1. The number of nitrogens with one attached hydrogen (secondary N) is 1. The Labute approximate surface area is 182 Å². The van der Waals surface area contributed by atoms with Crippen LogP contribution in [0.15, 0.2) is 46.4 Å². The second-order valence-corrected chi connectivity index (χ2v) is 8.57. The summed E-state index contributed by atoms with van der Waals surface area (Å²) in [6.07, 6.45) is 4.33. The van der Waals surface area contributed by atoms with Crippen LogP contribution in [0, 0.1) is 5.92 Å². The van der Waals surface area contributed by atoms with Gasteiger partial charge in [0.1, 0.15) is 11.9 Å². The lowest BCUT2D eigenvalue weighted by molar-refractivity contribution is -0.128. The molecule has 0 saturated carbocycles. The molecule has 1 amide bonds. The highest BCUT2D eigenvalue weighted by atomic mass is 16.5. The molecule has 2 N–H and O–H groups in total. The molecule has 2 aliphatic rings. The zero-order valence-corrected chi connectivity index (χ0v) is 18.2. The van der Waals surface area contributed by atoms with Gasteiger partial charge in [-0.1, -0.05) is 31.2 Å². The van der Waals surface area contributed by atoms with E-state index in [-0.39, 0.29) is 18.4 Å². The number of imidazole rings is 1. The fourth-order valence-corrected chi connectivity index (χ4v) is 4.44. The van der Waals surface area contributed by atoms with E-state index in [0.717, 1.165) is 29.9 Å². The highest BCUT2D eigenvalue weighted by molar-refractivity contribution is 5.76. The molecule has 9 heteroatoms. The third kappa shape index (κ3) is 4.77. The van der Waals surface area contributed by atoms with Crippen LogP contribution >= 0.6 is 0 Å². The van der Waals surface area contributed by atoms with Gasteiger partial charge >= 0.3 is 0 Å². The van der Waals surface area contributed by atoms with Crippen LogP contribution in [-0.4, -0.2) is 56.8 Å². The standard InChI is InChI=1S/C22H31N7O2/c1-16(2)21(29-15-17(24-26-29)9-10-20(30)25-31)22-23-18-7-3-4-8-19(18)28(22)14-13-27-11-5-6-12-27/h3-4,7-9,16,21,31H,5-6,10-15H2,1-2H3,(H,25,30)/b17-9-. The highest BCUT2D eigenvalue weighted by Gasteiger charge is 2.31. The molecule has 1 atom stereocenters. The van der Waals surface area contributed by atoms with Crippen LogP contribution in [-0.2, 0) is 11.3 Å². The topological polar surface area (TPSA) is 98.4 Å². The molecular weight excluding hydrogens is 394 g/mol. The van der Waals surface area contributed by atoms with Gasteiger partial charge in [-0.15, -0.1) is 5.11 Å². The van der Waals surface area contributed by atoms with Crippen molar-refractivity contribution in [2.75, 3.05) is 26.2 Å². The third-order valence-corrected chi connectivity index (χ3v) is 6.00. The second kappa shape index (κ2) is 9.57. The van der Waals surface area contributed by atoms with E-state index in [1.165, 1.54) is 25.9 Å². The predicted molar refractivity (Wildman–Crippen MR) is 117 cm³/mol. The minimum Gasteiger partial charge on any atom is -0.325 e. The molecule has 1 aromatic heterocycles. The molecule has 166 valence electrons. The molecule has 0 bridgehead atoms. The number of hydroxylamine groups is 1. The molecule has 2 aliphatic heterocycles. The molecule has 1 aromatic carbocycles. The first-order chi connectivity index (χ1) is 15.1. The highest BCUT2D eigenvalue weighted by Crippen LogP contribution is 2.34. The van der Waals surface area contributed by atoms with E-state index in [1.54, 1.807) is 11.6 Å². The summed E-state index contributed by atoms with van der Waals surface area (Å²) in [6.45, 7) is 9.11. The lowest BCUT2D eigenvalue weighted by atomic mass is 10.0. The van der Waals surface area contributed by atoms with Crippen molar-refractivity contribution >= 4 is 16.9 Å². The van der Waals surface area contributed by atoms with Gasteiger partial charge in [0.2, 0.25) is 5.91 Å². The Morgan fingerprint density at radius 3 is 2.74 bits per heavy atom. The first kappa shape index (κ1) is 21.5. The maximum absolute atomic E-state index is 11.3. The van der Waals surface area contributed by atoms with Crippen molar-refractivity contribution in [2.24, 2.45) is 16.3 Å². The van der Waals surface area contributed by atoms with Gasteiger partial charge in [0.15, 0.2) is 0 Å². The molecule has 1 fully saturated rings. The smallest absolute Gasteiger partial charge is 0.247 e. The molecule has 31 heavy (non-hydrogen) atoms. The maximum atomic E-state index is 11.3. The molecule has 1 unspecified atom stereocenters. The first-order valence-electron chi connectivity index (χ1n) is 11.0. The Morgan fingerprint density at radius 2 is 2.00 bits per heavy atom. The number of hydrogen-bond donors (Lipinski definition) is 2. The van der Waals surface area contributed by atoms with Gasteiger partial charge in [-0.05, 0) is 50.1 Å². The summed E-state index contributed by atoms with van der Waals surface area (Å²) in [5.41, 5.74) is 4.50. The average molecular weight is 426 g/mol. The van der Waals surface area contributed by atoms with Crippen LogP contribution in [0.3, 0.4) is 0 Å². The Morgan fingerprint density at radius 1 is 1.23 bits per heavy atom. The number of rotatable bonds is 8. The summed E-state index contributed by atoms with van der Waals surface area (Å²) >= 11 is 0. The van der Waals surface area contributed by atoms with Gasteiger partial charge in [0.25, 0.3) is 0 Å². The van der Waals surface area contributed by atoms with Crippen LogP contribution in [0.4, 0.5) is 0 Å². The molecule has 9 nitrogen and oxygen atoms in total. The normalized spacial score (nSPS) is 19.2. The monoisotopic (exact) mass is 425 g/mol. The molecule has 3 heterocycles. The quantitative estimate of drug-likeness (QED) is 0.500. The van der Waals surface area contributed by atoms with Gasteiger partial charge in [0.05, 0.1) is 23.3 Å². The number of para-hydroxylation sites is 2. The van der Waals surface area contributed by atoms with Crippen molar-refractivity contribution in [3.05, 3.63) is 41.9 Å². The summed E-state index contributed by atoms with van der Waals surface area (Å²) in [7, 11) is 0. The van der Waals surface area contributed by atoms with E-state index in [2.05, 4.69) is 51.9 Å². The fourth-order valence-electron chi connectivity index (χ4n) is 4.44. The largest absolute Gasteiger partial charge is 0.325 e. The third-order valence-electron chi connectivity index (χ3n) is 6.00. The zero-order valence-electron chi connectivity index (χ0n) is 18.2. The zero-order chi connectivity index (χ0) is 21.8. The van der Waals surface area contributed by atoms with E-state index >= 15 is 0 Å². The van der Waals surface area contributed by atoms with E-state index in [0.29, 0.717) is 12.2 Å². The summed E-state index contributed by atoms with van der Waals surface area (Å²) in [6, 6.07) is 8.25. The van der Waals surface area contributed by atoms with Crippen LogP contribution < -0.4 is 5.48 Å². The fraction of sp³-hybridized carbons (Fsp3) is 0.545. The lowest BCUT2D eigenvalue weighted by Gasteiger charge is -2.29. The van der Waals surface area contributed by atoms with Crippen molar-refractivity contribution in [3.8, 4) is 0 Å². The van der Waals surface area contributed by atoms with Gasteiger partial charge in [0, 0.05) is 19.5 Å². The van der Waals surface area contributed by atoms with Crippen LogP contribution in [0.5, 0.6) is 0 Å². The Hall–Kier alpha value is -2.78. The summed E-state index contributed by atoms with van der Waals surface area (Å²) in [4.78, 5) is 18.9. The van der Waals surface area contributed by atoms with Crippen molar-refractivity contribution in [1.29, 1.82) is 0 Å². The number of amides is 1. The van der Waals surface area contributed by atoms with Crippen LogP contribution in [0.1, 0.15) is 45.0 Å². The Balaban J connectivity index is 1.60. The number of nitrogens with zero attached hydrogens (tertiary/aromatic N) is 6. The van der Waals surface area contributed by atoms with Crippen LogP contribution in [0.2, 0.25) is 0 Å². The Bertz CT molecular complexity index is 975. The molecule has 1 saturated heterocycles. The SMILES string of the molecule is CC(C)C(c1nc2ccccc2n1CCN1CCCC1)N1C/C(=C/CC(=O)NO)N=N1. The average Bonchev–Trinajstić information content (AvgIpc) is 3.51. The summed E-state index contributed by atoms with van der Waals surface area (Å²) in [5, 5.41) is 19.3. The van der Waals surface area contributed by atoms with E-state index in [1.807, 2.05) is 11.1 Å². The van der Waals surface area contributed by atoms with Crippen molar-refractivity contribution in [2.45, 2.75) is 45.7 Å². The molecule has 0 spiro atoms.